The van der Waals surface area contributed by atoms with Crippen LogP contribution in [0.5, 0.6) is 0 Å². The van der Waals surface area contributed by atoms with E-state index in [9.17, 15) is 14.7 Å². The lowest BCUT2D eigenvalue weighted by Crippen LogP contribution is -2.56. The number of piperidine rings is 1. The Hall–Kier alpha value is -1.69. The van der Waals surface area contributed by atoms with Crippen molar-refractivity contribution in [3.8, 4) is 0 Å². The smallest absolute Gasteiger partial charge is 0.253 e. The van der Waals surface area contributed by atoms with Crippen molar-refractivity contribution in [3.05, 3.63) is 28.9 Å². The van der Waals surface area contributed by atoms with Gasteiger partial charge in [0, 0.05) is 43.2 Å². The van der Waals surface area contributed by atoms with Crippen LogP contribution in [0, 0.1) is 17.3 Å². The highest BCUT2D eigenvalue weighted by Crippen LogP contribution is 2.49. The second-order valence-electron chi connectivity index (χ2n) is 7.61. The van der Waals surface area contributed by atoms with E-state index in [0.29, 0.717) is 19.6 Å². The number of aliphatic hydroxyl groups is 1. The summed E-state index contributed by atoms with van der Waals surface area (Å²) in [5.74, 6) is 0.316. The van der Waals surface area contributed by atoms with E-state index in [1.165, 1.54) is 12.3 Å². The number of hydrogen-bond acceptors (Lipinski definition) is 4. The molecule has 3 rings (SSSR count). The van der Waals surface area contributed by atoms with Crippen LogP contribution in [0.1, 0.15) is 39.5 Å². The second kappa shape index (κ2) is 6.67. The maximum absolute atomic E-state index is 12.4. The van der Waals surface area contributed by atoms with Crippen molar-refractivity contribution >= 4 is 5.91 Å². The van der Waals surface area contributed by atoms with Crippen molar-refractivity contribution in [3.63, 3.8) is 0 Å². The fraction of sp³-hybridized carbons (Fsp3) is 0.722. The number of carbonyl (C=O) groups is 1. The molecule has 2 heterocycles. The van der Waals surface area contributed by atoms with E-state index in [-0.39, 0.29) is 28.7 Å². The molecule has 1 amide bonds. The van der Waals surface area contributed by atoms with Gasteiger partial charge in [0.05, 0.1) is 12.4 Å². The van der Waals surface area contributed by atoms with Crippen molar-refractivity contribution in [2.75, 3.05) is 13.1 Å². The molecule has 3 atom stereocenters. The Morgan fingerprint density at radius 2 is 2.25 bits per heavy atom. The van der Waals surface area contributed by atoms with Gasteiger partial charge in [0.2, 0.25) is 5.91 Å². The first kappa shape index (κ1) is 17.1. The molecule has 1 aromatic rings. The monoisotopic (exact) mass is 333 g/mol. The zero-order valence-corrected chi connectivity index (χ0v) is 14.5. The zero-order chi connectivity index (χ0) is 17.3. The lowest BCUT2D eigenvalue weighted by molar-refractivity contribution is -0.143. The molecule has 1 aliphatic heterocycles. The van der Waals surface area contributed by atoms with E-state index in [1.807, 2.05) is 18.7 Å². The molecule has 1 aliphatic carbocycles. The highest BCUT2D eigenvalue weighted by Gasteiger charge is 2.51. The van der Waals surface area contributed by atoms with Crippen LogP contribution in [0.2, 0.25) is 0 Å². The third kappa shape index (κ3) is 2.99. The number of nitrogens with zero attached hydrogens (tertiary/aromatic N) is 3. The molecule has 0 aromatic carbocycles. The molecule has 2 aliphatic rings. The molecular formula is C18H27N3O3. The number of likely N-dealkylation sites (tertiary alicyclic amines) is 1. The molecule has 1 saturated heterocycles. The maximum atomic E-state index is 12.4. The van der Waals surface area contributed by atoms with E-state index in [0.717, 1.165) is 25.7 Å². The van der Waals surface area contributed by atoms with Crippen molar-refractivity contribution in [2.24, 2.45) is 17.3 Å². The molecule has 1 saturated carbocycles. The van der Waals surface area contributed by atoms with Crippen LogP contribution >= 0.6 is 0 Å². The van der Waals surface area contributed by atoms with E-state index in [1.54, 1.807) is 10.9 Å². The van der Waals surface area contributed by atoms with E-state index in [4.69, 9.17) is 0 Å². The van der Waals surface area contributed by atoms with Gasteiger partial charge >= 0.3 is 0 Å². The molecule has 0 radical (unpaired) electrons. The Kier molecular flexibility index (Phi) is 4.76. The highest BCUT2D eigenvalue weighted by atomic mass is 16.3. The molecule has 6 heteroatoms. The van der Waals surface area contributed by atoms with Crippen molar-refractivity contribution in [1.82, 2.24) is 14.5 Å². The van der Waals surface area contributed by atoms with Gasteiger partial charge in [-0.15, -0.1) is 0 Å². The highest BCUT2D eigenvalue weighted by molar-refractivity contribution is 5.78. The number of amides is 1. The van der Waals surface area contributed by atoms with Crippen molar-refractivity contribution < 1.29 is 9.90 Å². The van der Waals surface area contributed by atoms with Gasteiger partial charge in [0.25, 0.3) is 5.56 Å². The molecular weight excluding hydrogens is 306 g/mol. The van der Waals surface area contributed by atoms with Gasteiger partial charge < -0.3 is 10.0 Å². The van der Waals surface area contributed by atoms with Crippen LogP contribution in [0.4, 0.5) is 0 Å². The molecule has 132 valence electrons. The first-order valence-corrected chi connectivity index (χ1v) is 8.91. The predicted octanol–water partition coefficient (Wildman–Crippen LogP) is 1.28. The zero-order valence-electron chi connectivity index (χ0n) is 14.5. The van der Waals surface area contributed by atoms with Gasteiger partial charge in [-0.3, -0.25) is 14.2 Å². The molecule has 1 spiro atoms. The molecule has 1 aromatic heterocycles. The predicted molar refractivity (Wildman–Crippen MR) is 90.3 cm³/mol. The van der Waals surface area contributed by atoms with Gasteiger partial charge in [-0.2, -0.15) is 0 Å². The third-order valence-electron chi connectivity index (χ3n) is 5.84. The number of aliphatic hydroxyl groups excluding tert-OH is 1. The summed E-state index contributed by atoms with van der Waals surface area (Å²) >= 11 is 0. The summed E-state index contributed by atoms with van der Waals surface area (Å²) in [6.07, 6.45) is 6.15. The van der Waals surface area contributed by atoms with Gasteiger partial charge in [0.1, 0.15) is 0 Å². The summed E-state index contributed by atoms with van der Waals surface area (Å²) in [6.45, 7) is 5.70. The minimum Gasteiger partial charge on any atom is -0.392 e. The molecule has 0 bridgehead atoms. The van der Waals surface area contributed by atoms with Crippen LogP contribution < -0.4 is 5.56 Å². The number of rotatable bonds is 3. The van der Waals surface area contributed by atoms with Crippen LogP contribution in [-0.4, -0.2) is 44.7 Å². The summed E-state index contributed by atoms with van der Waals surface area (Å²) in [4.78, 5) is 30.4. The Morgan fingerprint density at radius 1 is 1.46 bits per heavy atom. The summed E-state index contributed by atoms with van der Waals surface area (Å²) in [5.41, 5.74) is -0.355. The van der Waals surface area contributed by atoms with Gasteiger partial charge in [-0.05, 0) is 25.2 Å². The molecule has 2 fully saturated rings. The Morgan fingerprint density at radius 3 is 2.88 bits per heavy atom. The Bertz CT molecular complexity index is 657. The minimum atomic E-state index is -0.405. The normalized spacial score (nSPS) is 30.2. The summed E-state index contributed by atoms with van der Waals surface area (Å²) in [5, 5.41) is 10.7. The van der Waals surface area contributed by atoms with Crippen LogP contribution in [-0.2, 0) is 11.3 Å². The number of aromatic nitrogens is 2. The van der Waals surface area contributed by atoms with Crippen LogP contribution in [0.15, 0.2) is 23.4 Å². The number of carbonyl (C=O) groups excluding carboxylic acids is 1. The molecule has 6 nitrogen and oxygen atoms in total. The Labute approximate surface area is 142 Å². The Balaban J connectivity index is 1.86. The average Bonchev–Trinajstić information content (AvgIpc) is 2.91. The quantitative estimate of drug-likeness (QED) is 0.904. The van der Waals surface area contributed by atoms with Crippen molar-refractivity contribution in [1.29, 1.82) is 0 Å². The first-order valence-electron chi connectivity index (χ1n) is 8.91. The summed E-state index contributed by atoms with van der Waals surface area (Å²) in [6, 6.07) is 1.47. The van der Waals surface area contributed by atoms with Crippen LogP contribution in [0.3, 0.4) is 0 Å². The maximum Gasteiger partial charge on any atom is 0.253 e. The largest absolute Gasteiger partial charge is 0.392 e. The number of hydrogen-bond donors (Lipinski definition) is 1. The topological polar surface area (TPSA) is 75.4 Å². The first-order chi connectivity index (χ1) is 11.4. The molecule has 24 heavy (non-hydrogen) atoms. The SMILES string of the molecule is CC(C)C(=O)N1CCC(Cn2cnccc2=O)C2(CCCC2O)C1. The summed E-state index contributed by atoms with van der Waals surface area (Å²) in [7, 11) is 0. The lowest BCUT2D eigenvalue weighted by atomic mass is 9.68. The average molecular weight is 333 g/mol. The fourth-order valence-electron chi connectivity index (χ4n) is 4.48. The summed E-state index contributed by atoms with van der Waals surface area (Å²) < 4.78 is 1.64. The van der Waals surface area contributed by atoms with Gasteiger partial charge in [-0.1, -0.05) is 20.3 Å². The van der Waals surface area contributed by atoms with Crippen molar-refractivity contribution in [2.45, 2.75) is 52.2 Å². The molecule has 1 N–H and O–H groups in total. The van der Waals surface area contributed by atoms with Gasteiger partial charge in [-0.25, -0.2) is 4.98 Å². The van der Waals surface area contributed by atoms with Crippen LogP contribution in [0.25, 0.3) is 0 Å². The fourth-order valence-corrected chi connectivity index (χ4v) is 4.48. The van der Waals surface area contributed by atoms with Gasteiger partial charge in [0.15, 0.2) is 0 Å². The molecule has 3 unspecified atom stereocenters. The van der Waals surface area contributed by atoms with E-state index < -0.39 is 6.10 Å². The lowest BCUT2D eigenvalue weighted by Gasteiger charge is -2.48. The van der Waals surface area contributed by atoms with E-state index >= 15 is 0 Å². The second-order valence-corrected chi connectivity index (χ2v) is 7.61. The standard InChI is InChI=1S/C18H27N3O3/c1-13(2)17(24)20-9-6-14(10-21-12-19-8-5-16(21)23)18(11-20)7-3-4-15(18)22/h5,8,12-15,22H,3-4,6-7,9-11H2,1-2H3. The minimum absolute atomic E-state index is 0.0295. The third-order valence-corrected chi connectivity index (χ3v) is 5.84. The van der Waals surface area contributed by atoms with E-state index in [2.05, 4.69) is 4.98 Å².